The molecule has 1 aromatic heterocycles. The lowest BCUT2D eigenvalue weighted by atomic mass is 9.84. The highest BCUT2D eigenvalue weighted by Gasteiger charge is 2.43. The van der Waals surface area contributed by atoms with Crippen molar-refractivity contribution in [2.75, 3.05) is 5.32 Å². The van der Waals surface area contributed by atoms with Crippen molar-refractivity contribution in [2.24, 2.45) is 11.1 Å². The van der Waals surface area contributed by atoms with E-state index in [0.29, 0.717) is 11.0 Å². The molecule has 0 aliphatic heterocycles. The average molecular weight is 255 g/mol. The van der Waals surface area contributed by atoms with Gasteiger partial charge in [-0.2, -0.15) is 0 Å². The van der Waals surface area contributed by atoms with E-state index in [1.54, 1.807) is 0 Å². The molecule has 1 aliphatic carbocycles. The van der Waals surface area contributed by atoms with Gasteiger partial charge >= 0.3 is 0 Å². The molecule has 0 spiro atoms. The largest absolute Gasteiger partial charge is 0.327 e. The maximum atomic E-state index is 12.2. The van der Waals surface area contributed by atoms with E-state index < -0.39 is 5.41 Å². The Bertz CT molecular complexity index is 439. The molecule has 1 aromatic rings. The molecule has 92 valence electrons. The molecule has 2 unspecified atom stereocenters. The van der Waals surface area contributed by atoms with Gasteiger partial charge in [0.25, 0.3) is 0 Å². The van der Waals surface area contributed by atoms with E-state index in [1.165, 1.54) is 12.4 Å². The number of aromatic nitrogens is 2. The number of rotatable bonds is 2. The first-order chi connectivity index (χ1) is 8.02. The predicted molar refractivity (Wildman–Crippen MR) is 65.6 cm³/mol. The van der Waals surface area contributed by atoms with Gasteiger partial charge in [0.15, 0.2) is 0 Å². The van der Waals surface area contributed by atoms with Gasteiger partial charge in [0, 0.05) is 12.1 Å². The monoisotopic (exact) mass is 254 g/mol. The quantitative estimate of drug-likeness (QED) is 0.786. The van der Waals surface area contributed by atoms with Crippen LogP contribution in [-0.2, 0) is 4.79 Å². The predicted octanol–water partition coefficient (Wildman–Crippen LogP) is 1.59. The van der Waals surface area contributed by atoms with E-state index in [9.17, 15) is 4.79 Å². The van der Waals surface area contributed by atoms with Gasteiger partial charge in [-0.1, -0.05) is 18.0 Å². The summed E-state index contributed by atoms with van der Waals surface area (Å²) in [6.45, 7) is 1.89. The lowest BCUT2D eigenvalue weighted by molar-refractivity contribution is -0.125. The first-order valence-corrected chi connectivity index (χ1v) is 5.95. The van der Waals surface area contributed by atoms with Crippen LogP contribution < -0.4 is 11.1 Å². The number of amides is 1. The van der Waals surface area contributed by atoms with Crippen LogP contribution in [0.5, 0.6) is 0 Å². The summed E-state index contributed by atoms with van der Waals surface area (Å²) in [6, 6.07) is 1.42. The number of hydrogen-bond donors (Lipinski definition) is 2. The highest BCUT2D eigenvalue weighted by atomic mass is 35.5. The van der Waals surface area contributed by atoms with Crippen molar-refractivity contribution in [3.05, 3.63) is 17.5 Å². The van der Waals surface area contributed by atoms with Crippen LogP contribution in [-0.4, -0.2) is 21.9 Å². The van der Waals surface area contributed by atoms with E-state index >= 15 is 0 Å². The topological polar surface area (TPSA) is 80.9 Å². The van der Waals surface area contributed by atoms with E-state index in [1.807, 2.05) is 6.92 Å². The average Bonchev–Trinajstić information content (AvgIpc) is 2.60. The normalized spacial score (nSPS) is 28.1. The summed E-state index contributed by atoms with van der Waals surface area (Å²) in [6.07, 6.45) is 3.98. The zero-order valence-electron chi connectivity index (χ0n) is 9.61. The second-order valence-electron chi connectivity index (χ2n) is 4.60. The zero-order valence-corrected chi connectivity index (χ0v) is 10.4. The van der Waals surface area contributed by atoms with Crippen LogP contribution >= 0.6 is 11.6 Å². The summed E-state index contributed by atoms with van der Waals surface area (Å²) in [4.78, 5) is 19.9. The maximum absolute atomic E-state index is 12.2. The Morgan fingerprint density at radius 1 is 1.65 bits per heavy atom. The van der Waals surface area contributed by atoms with Crippen molar-refractivity contribution in [2.45, 2.75) is 32.2 Å². The Balaban J connectivity index is 2.12. The van der Waals surface area contributed by atoms with Crippen molar-refractivity contribution < 1.29 is 4.79 Å². The highest BCUT2D eigenvalue weighted by Crippen LogP contribution is 2.37. The van der Waals surface area contributed by atoms with Gasteiger partial charge < -0.3 is 11.1 Å². The molecule has 0 saturated heterocycles. The van der Waals surface area contributed by atoms with Gasteiger partial charge in [-0.05, 0) is 19.8 Å². The number of hydrogen-bond acceptors (Lipinski definition) is 4. The lowest BCUT2D eigenvalue weighted by Crippen LogP contribution is -2.44. The first-order valence-electron chi connectivity index (χ1n) is 5.57. The van der Waals surface area contributed by atoms with Gasteiger partial charge in [-0.3, -0.25) is 4.79 Å². The van der Waals surface area contributed by atoms with Gasteiger partial charge in [-0.15, -0.1) is 0 Å². The van der Waals surface area contributed by atoms with Crippen molar-refractivity contribution in [3.63, 3.8) is 0 Å². The van der Waals surface area contributed by atoms with Crippen molar-refractivity contribution in [1.82, 2.24) is 9.97 Å². The molecule has 0 bridgehead atoms. The summed E-state index contributed by atoms with van der Waals surface area (Å²) >= 11 is 5.72. The minimum absolute atomic E-state index is 0.0974. The van der Waals surface area contributed by atoms with Crippen LogP contribution in [0.4, 0.5) is 5.82 Å². The Hall–Kier alpha value is -1.20. The fourth-order valence-electron chi connectivity index (χ4n) is 2.14. The molecular formula is C11H15ClN4O. The van der Waals surface area contributed by atoms with E-state index in [2.05, 4.69) is 15.3 Å². The van der Waals surface area contributed by atoms with Crippen LogP contribution in [0.2, 0.25) is 5.15 Å². The van der Waals surface area contributed by atoms with Crippen LogP contribution in [0, 0.1) is 5.41 Å². The SMILES string of the molecule is CC1(C(=O)Nc2cc(Cl)ncn2)CCCC1N. The number of anilines is 1. The number of nitrogens with one attached hydrogen (secondary N) is 1. The van der Waals surface area contributed by atoms with Crippen molar-refractivity contribution in [1.29, 1.82) is 0 Å². The van der Waals surface area contributed by atoms with Crippen molar-refractivity contribution in [3.8, 4) is 0 Å². The van der Waals surface area contributed by atoms with Gasteiger partial charge in [0.05, 0.1) is 5.41 Å². The van der Waals surface area contributed by atoms with E-state index in [4.69, 9.17) is 17.3 Å². The Morgan fingerprint density at radius 3 is 3.00 bits per heavy atom. The zero-order chi connectivity index (χ0) is 12.5. The number of carbonyl (C=O) groups excluding carboxylic acids is 1. The molecule has 1 aliphatic rings. The number of carbonyl (C=O) groups is 1. The van der Waals surface area contributed by atoms with Gasteiger partial charge in [-0.25, -0.2) is 9.97 Å². The molecule has 2 atom stereocenters. The summed E-state index contributed by atoms with van der Waals surface area (Å²) in [5.74, 6) is 0.313. The molecule has 5 nitrogen and oxygen atoms in total. The molecule has 0 aromatic carbocycles. The van der Waals surface area contributed by atoms with Crippen LogP contribution in [0.25, 0.3) is 0 Å². The molecule has 0 radical (unpaired) electrons. The van der Waals surface area contributed by atoms with Crippen LogP contribution in [0.1, 0.15) is 26.2 Å². The molecule has 1 saturated carbocycles. The molecule has 1 fully saturated rings. The third kappa shape index (κ3) is 2.40. The minimum Gasteiger partial charge on any atom is -0.327 e. The van der Waals surface area contributed by atoms with Crippen molar-refractivity contribution >= 4 is 23.3 Å². The molecule has 3 N–H and O–H groups in total. The fourth-order valence-corrected chi connectivity index (χ4v) is 2.28. The maximum Gasteiger partial charge on any atom is 0.233 e. The van der Waals surface area contributed by atoms with Gasteiger partial charge in [0.2, 0.25) is 5.91 Å². The molecular weight excluding hydrogens is 240 g/mol. The smallest absolute Gasteiger partial charge is 0.233 e. The molecule has 2 rings (SSSR count). The Morgan fingerprint density at radius 2 is 2.41 bits per heavy atom. The Labute approximate surface area is 105 Å². The summed E-state index contributed by atoms with van der Waals surface area (Å²) in [5, 5.41) is 3.04. The standard InChI is InChI=1S/C11H15ClN4O/c1-11(4-2-3-7(11)13)10(17)16-9-5-8(12)14-6-15-9/h5-7H,2-4,13H2,1H3,(H,14,15,16,17). The van der Waals surface area contributed by atoms with E-state index in [-0.39, 0.29) is 11.9 Å². The van der Waals surface area contributed by atoms with Gasteiger partial charge in [0.1, 0.15) is 17.3 Å². The van der Waals surface area contributed by atoms with E-state index in [0.717, 1.165) is 19.3 Å². The summed E-state index contributed by atoms with van der Waals surface area (Å²) < 4.78 is 0. The number of nitrogens with zero attached hydrogens (tertiary/aromatic N) is 2. The fraction of sp³-hybridized carbons (Fsp3) is 0.545. The second-order valence-corrected chi connectivity index (χ2v) is 4.98. The van der Waals surface area contributed by atoms with Crippen LogP contribution in [0.3, 0.4) is 0 Å². The first kappa shape index (κ1) is 12.3. The number of halogens is 1. The molecule has 17 heavy (non-hydrogen) atoms. The third-order valence-electron chi connectivity index (χ3n) is 3.42. The third-order valence-corrected chi connectivity index (χ3v) is 3.63. The number of nitrogens with two attached hydrogens (primary N) is 1. The second kappa shape index (κ2) is 4.58. The minimum atomic E-state index is -0.516. The molecule has 6 heteroatoms. The molecule has 1 amide bonds. The lowest BCUT2D eigenvalue weighted by Gasteiger charge is -2.27. The summed E-state index contributed by atoms with van der Waals surface area (Å²) in [7, 11) is 0. The molecule has 1 heterocycles. The highest BCUT2D eigenvalue weighted by molar-refractivity contribution is 6.29. The van der Waals surface area contributed by atoms with Crippen LogP contribution in [0.15, 0.2) is 12.4 Å². The Kier molecular flexibility index (Phi) is 3.31. The summed E-state index contributed by atoms with van der Waals surface area (Å²) in [5.41, 5.74) is 5.46.